The van der Waals surface area contributed by atoms with E-state index in [1.807, 2.05) is 18.2 Å². The van der Waals surface area contributed by atoms with Gasteiger partial charge in [-0.15, -0.1) is 0 Å². The molecule has 6 nitrogen and oxygen atoms in total. The minimum Gasteiger partial charge on any atom is -0.481 e. The number of methoxy groups -OCH3 is 1. The van der Waals surface area contributed by atoms with Crippen molar-refractivity contribution in [2.24, 2.45) is 9.98 Å². The summed E-state index contributed by atoms with van der Waals surface area (Å²) in [4.78, 5) is 23.7. The van der Waals surface area contributed by atoms with Gasteiger partial charge in [-0.1, -0.05) is 23.7 Å². The number of amides is 1. The Bertz CT molecular complexity index is 1210. The summed E-state index contributed by atoms with van der Waals surface area (Å²) in [7, 11) is 1.60. The summed E-state index contributed by atoms with van der Waals surface area (Å²) in [5.41, 5.74) is 6.18. The predicted molar refractivity (Wildman–Crippen MR) is 135 cm³/mol. The van der Waals surface area contributed by atoms with Gasteiger partial charge in [-0.2, -0.15) is 0 Å². The maximum Gasteiger partial charge on any atom is 0.257 e. The van der Waals surface area contributed by atoms with Gasteiger partial charge in [0.15, 0.2) is 0 Å². The summed E-state index contributed by atoms with van der Waals surface area (Å²) in [6.07, 6.45) is 8.49. The van der Waals surface area contributed by atoms with Crippen LogP contribution >= 0.6 is 11.6 Å². The van der Waals surface area contributed by atoms with Crippen molar-refractivity contribution in [1.82, 2.24) is 0 Å². The van der Waals surface area contributed by atoms with Gasteiger partial charge >= 0.3 is 0 Å². The SMILES string of the molecule is COC1=NCCC(C=NC=C2C(=O)Nc3cc(Cl)c(-c4ccc(N5CCCC5)cc4)cc32)=C1. The van der Waals surface area contributed by atoms with Crippen LogP contribution in [0, 0.1) is 0 Å². The number of nitrogens with zero attached hydrogens (tertiary/aromatic N) is 3. The monoisotopic (exact) mass is 460 g/mol. The van der Waals surface area contributed by atoms with Crippen molar-refractivity contribution < 1.29 is 9.53 Å². The highest BCUT2D eigenvalue weighted by molar-refractivity contribution is 6.36. The number of dihydropyridines is 1. The standard InChI is InChI=1S/C26H25ClN4O2/c1-33-25-12-17(8-9-29-25)15-28-16-22-21-13-20(23(27)14-24(21)30-26(22)32)18-4-6-19(7-5-18)31-10-2-3-11-31/h4-7,12-16H,2-3,8-11H2,1H3,(H,30,32). The largest absolute Gasteiger partial charge is 0.481 e. The molecular formula is C26H25ClN4O2. The number of hydrogen-bond acceptors (Lipinski definition) is 5. The molecule has 0 bridgehead atoms. The van der Waals surface area contributed by atoms with Crippen molar-refractivity contribution >= 4 is 46.6 Å². The van der Waals surface area contributed by atoms with Crippen LogP contribution in [0.1, 0.15) is 24.8 Å². The van der Waals surface area contributed by atoms with Crippen LogP contribution in [0.4, 0.5) is 11.4 Å². The van der Waals surface area contributed by atoms with Crippen LogP contribution in [-0.4, -0.2) is 44.8 Å². The van der Waals surface area contributed by atoms with Crippen molar-refractivity contribution in [2.45, 2.75) is 19.3 Å². The van der Waals surface area contributed by atoms with Crippen LogP contribution in [0.2, 0.25) is 5.02 Å². The number of nitrogens with one attached hydrogen (secondary N) is 1. The Balaban J connectivity index is 1.42. The van der Waals surface area contributed by atoms with E-state index in [9.17, 15) is 4.79 Å². The van der Waals surface area contributed by atoms with E-state index in [-0.39, 0.29) is 5.91 Å². The number of ether oxygens (including phenoxy) is 1. The lowest BCUT2D eigenvalue weighted by atomic mass is 9.99. The molecular weight excluding hydrogens is 436 g/mol. The van der Waals surface area contributed by atoms with Gasteiger partial charge in [0.05, 0.1) is 23.4 Å². The normalized spacial score (nSPS) is 19.0. The first-order valence-corrected chi connectivity index (χ1v) is 11.5. The molecule has 33 heavy (non-hydrogen) atoms. The van der Waals surface area contributed by atoms with Gasteiger partial charge in [-0.25, -0.2) is 0 Å². The fraction of sp³-hybridized carbons (Fsp3) is 0.269. The van der Waals surface area contributed by atoms with Crippen LogP contribution in [0.3, 0.4) is 0 Å². The van der Waals surface area contributed by atoms with E-state index in [1.54, 1.807) is 19.5 Å². The molecule has 7 heteroatoms. The molecule has 0 unspecified atom stereocenters. The van der Waals surface area contributed by atoms with E-state index in [0.717, 1.165) is 41.8 Å². The molecule has 3 aliphatic rings. The van der Waals surface area contributed by atoms with Gasteiger partial charge in [0.25, 0.3) is 5.91 Å². The summed E-state index contributed by atoms with van der Waals surface area (Å²) < 4.78 is 5.18. The third kappa shape index (κ3) is 4.44. The number of benzene rings is 2. The molecule has 1 saturated heterocycles. The molecule has 0 aromatic heterocycles. The quantitative estimate of drug-likeness (QED) is 0.494. The van der Waals surface area contributed by atoms with Crippen molar-refractivity contribution in [2.75, 3.05) is 37.0 Å². The first kappa shape index (κ1) is 21.5. The van der Waals surface area contributed by atoms with E-state index in [4.69, 9.17) is 16.3 Å². The second-order valence-electron chi connectivity index (χ2n) is 8.29. The molecule has 1 N–H and O–H groups in total. The van der Waals surface area contributed by atoms with E-state index in [0.29, 0.717) is 28.7 Å². The zero-order chi connectivity index (χ0) is 22.8. The molecule has 0 aliphatic carbocycles. The Morgan fingerprint density at radius 2 is 1.94 bits per heavy atom. The molecule has 0 atom stereocenters. The zero-order valence-electron chi connectivity index (χ0n) is 18.5. The summed E-state index contributed by atoms with van der Waals surface area (Å²) >= 11 is 6.60. The number of anilines is 2. The smallest absolute Gasteiger partial charge is 0.257 e. The van der Waals surface area contributed by atoms with Crippen LogP contribution in [0.15, 0.2) is 64.2 Å². The molecule has 2 aromatic rings. The molecule has 1 amide bonds. The fourth-order valence-corrected chi connectivity index (χ4v) is 4.67. The van der Waals surface area contributed by atoms with Crippen molar-refractivity contribution in [3.8, 4) is 11.1 Å². The van der Waals surface area contributed by atoms with Crippen molar-refractivity contribution in [1.29, 1.82) is 0 Å². The molecule has 0 radical (unpaired) electrons. The predicted octanol–water partition coefficient (Wildman–Crippen LogP) is 5.35. The van der Waals surface area contributed by atoms with E-state index >= 15 is 0 Å². The number of rotatable bonds is 4. The van der Waals surface area contributed by atoms with E-state index in [2.05, 4.69) is 44.5 Å². The lowest BCUT2D eigenvalue weighted by Crippen LogP contribution is -2.17. The van der Waals surface area contributed by atoms with Gasteiger partial charge in [-0.05, 0) is 54.7 Å². The topological polar surface area (TPSA) is 66.3 Å². The summed E-state index contributed by atoms with van der Waals surface area (Å²) in [6, 6.07) is 12.3. The highest BCUT2D eigenvalue weighted by Gasteiger charge is 2.26. The first-order valence-electron chi connectivity index (χ1n) is 11.2. The number of carbonyl (C=O) groups excluding carboxylic acids is 1. The van der Waals surface area contributed by atoms with Crippen LogP contribution in [0.5, 0.6) is 0 Å². The summed E-state index contributed by atoms with van der Waals surface area (Å²) in [5, 5.41) is 3.50. The zero-order valence-corrected chi connectivity index (χ0v) is 19.2. The maximum atomic E-state index is 12.6. The minimum absolute atomic E-state index is 0.184. The molecule has 3 heterocycles. The summed E-state index contributed by atoms with van der Waals surface area (Å²) in [6.45, 7) is 2.88. The van der Waals surface area contributed by atoms with Crippen LogP contribution in [0.25, 0.3) is 16.7 Å². The summed E-state index contributed by atoms with van der Waals surface area (Å²) in [5.74, 6) is 0.408. The number of halogens is 1. The number of fused-ring (bicyclic) bond motifs is 1. The van der Waals surface area contributed by atoms with Crippen molar-refractivity contribution in [3.63, 3.8) is 0 Å². The average Bonchev–Trinajstić information content (AvgIpc) is 3.47. The van der Waals surface area contributed by atoms with Gasteiger partial charge in [0.1, 0.15) is 0 Å². The Labute approximate surface area is 198 Å². The van der Waals surface area contributed by atoms with Crippen LogP contribution < -0.4 is 10.2 Å². The third-order valence-electron chi connectivity index (χ3n) is 6.17. The van der Waals surface area contributed by atoms with E-state index in [1.165, 1.54) is 18.5 Å². The minimum atomic E-state index is -0.184. The molecule has 2 aromatic carbocycles. The molecule has 5 rings (SSSR count). The third-order valence-corrected chi connectivity index (χ3v) is 6.48. The Hall–Kier alpha value is -3.38. The highest BCUT2D eigenvalue weighted by atomic mass is 35.5. The van der Waals surface area contributed by atoms with Gasteiger partial charge in [-0.3, -0.25) is 14.8 Å². The van der Waals surface area contributed by atoms with Gasteiger partial charge in [0.2, 0.25) is 5.90 Å². The Morgan fingerprint density at radius 1 is 1.15 bits per heavy atom. The van der Waals surface area contributed by atoms with Gasteiger partial charge in [0, 0.05) is 54.9 Å². The number of carbonyl (C=O) groups is 1. The number of aliphatic imine (C=N–C) groups is 2. The second-order valence-corrected chi connectivity index (χ2v) is 8.69. The Morgan fingerprint density at radius 3 is 2.70 bits per heavy atom. The second kappa shape index (κ2) is 9.24. The average molecular weight is 461 g/mol. The first-order chi connectivity index (χ1) is 16.1. The number of hydrogen-bond donors (Lipinski definition) is 1. The molecule has 0 saturated carbocycles. The Kier molecular flexibility index (Phi) is 6.01. The van der Waals surface area contributed by atoms with Crippen molar-refractivity contribution in [3.05, 3.63) is 64.8 Å². The fourth-order valence-electron chi connectivity index (χ4n) is 4.39. The lowest BCUT2D eigenvalue weighted by Gasteiger charge is -2.18. The molecule has 3 aliphatic heterocycles. The molecule has 168 valence electrons. The van der Waals surface area contributed by atoms with Crippen LogP contribution in [-0.2, 0) is 9.53 Å². The maximum absolute atomic E-state index is 12.6. The molecule has 1 fully saturated rings. The highest BCUT2D eigenvalue weighted by Crippen LogP contribution is 2.40. The van der Waals surface area contributed by atoms with E-state index < -0.39 is 0 Å². The lowest BCUT2D eigenvalue weighted by molar-refractivity contribution is -0.110. The molecule has 0 spiro atoms. The van der Waals surface area contributed by atoms with Gasteiger partial charge < -0.3 is 15.0 Å².